The lowest BCUT2D eigenvalue weighted by molar-refractivity contribution is -0.137. The summed E-state index contributed by atoms with van der Waals surface area (Å²) >= 11 is 0. The van der Waals surface area contributed by atoms with Crippen molar-refractivity contribution in [3.05, 3.63) is 65.7 Å². The molecule has 2 aromatic heterocycles. The molecule has 1 aliphatic heterocycles. The number of tetrazole rings is 1. The van der Waals surface area contributed by atoms with Crippen LogP contribution >= 0.6 is 0 Å². The second-order valence-corrected chi connectivity index (χ2v) is 7.62. The Balaban J connectivity index is 1.25. The molecule has 0 atom stereocenters. The number of amidine groups is 1. The lowest BCUT2D eigenvalue weighted by atomic mass is 10.1. The first kappa shape index (κ1) is 22.1. The van der Waals surface area contributed by atoms with E-state index in [4.69, 9.17) is 5.41 Å². The Bertz CT molecular complexity index is 1460. The molecule has 3 heterocycles. The van der Waals surface area contributed by atoms with Crippen LogP contribution in [0.4, 0.5) is 13.2 Å². The van der Waals surface area contributed by atoms with Crippen LogP contribution < -0.4 is 5.43 Å². The van der Waals surface area contributed by atoms with Crippen LogP contribution in [0.25, 0.3) is 28.0 Å². The third-order valence-electron chi connectivity index (χ3n) is 5.17. The number of hydrazine groups is 1. The lowest BCUT2D eigenvalue weighted by Crippen LogP contribution is -2.45. The van der Waals surface area contributed by atoms with Crippen molar-refractivity contribution in [2.75, 3.05) is 6.54 Å². The summed E-state index contributed by atoms with van der Waals surface area (Å²) in [6, 6.07) is 11.7. The topological polar surface area (TPSA) is 149 Å². The minimum atomic E-state index is -4.52. The van der Waals surface area contributed by atoms with E-state index in [1.165, 1.54) is 12.1 Å². The molecular weight excluding hydrogens is 467 g/mol. The van der Waals surface area contributed by atoms with Gasteiger partial charge in [0.05, 0.1) is 23.1 Å². The number of aliphatic hydroxyl groups excluding tert-OH is 1. The highest BCUT2D eigenvalue weighted by atomic mass is 19.4. The summed E-state index contributed by atoms with van der Waals surface area (Å²) in [5.41, 5.74) is 3.24. The maximum atomic E-state index is 12.9. The maximum Gasteiger partial charge on any atom is 0.416 e. The van der Waals surface area contributed by atoms with E-state index in [0.29, 0.717) is 5.52 Å². The summed E-state index contributed by atoms with van der Waals surface area (Å²) in [5, 5.41) is 31.2. The average molecular weight is 483 g/mol. The SMILES string of the molecule is N=C1C(c2nc3ccccc3[nH]2)=C(O)CN1NC(=O)Cn1nnc(-c2cccc(C(F)(F)F)c2)n1. The molecule has 2 aromatic carbocycles. The molecule has 35 heavy (non-hydrogen) atoms. The number of imidazole rings is 1. The third-order valence-corrected chi connectivity index (χ3v) is 5.17. The molecule has 0 saturated carbocycles. The van der Waals surface area contributed by atoms with Gasteiger partial charge < -0.3 is 10.1 Å². The number of benzene rings is 2. The number of H-pyrrole nitrogens is 1. The number of amides is 1. The molecule has 0 bridgehead atoms. The molecule has 0 fully saturated rings. The minimum absolute atomic E-state index is 0.0794. The van der Waals surface area contributed by atoms with Gasteiger partial charge in [-0.25, -0.2) is 4.98 Å². The molecule has 0 aliphatic carbocycles. The molecule has 0 saturated heterocycles. The zero-order chi connectivity index (χ0) is 24.7. The van der Waals surface area contributed by atoms with Crippen molar-refractivity contribution in [3.8, 4) is 11.4 Å². The summed E-state index contributed by atoms with van der Waals surface area (Å²) in [6.45, 7) is -0.576. The minimum Gasteiger partial charge on any atom is -0.509 e. The Labute approximate surface area is 194 Å². The van der Waals surface area contributed by atoms with E-state index in [-0.39, 0.29) is 40.9 Å². The van der Waals surface area contributed by atoms with E-state index < -0.39 is 24.2 Å². The van der Waals surface area contributed by atoms with Gasteiger partial charge >= 0.3 is 6.18 Å². The summed E-state index contributed by atoms with van der Waals surface area (Å²) in [4.78, 5) is 20.8. The molecule has 0 unspecified atom stereocenters. The van der Waals surface area contributed by atoms with Crippen LogP contribution in [0.2, 0.25) is 0 Å². The molecule has 178 valence electrons. The Hall–Kier alpha value is -4.75. The monoisotopic (exact) mass is 483 g/mol. The smallest absolute Gasteiger partial charge is 0.416 e. The molecule has 4 aromatic rings. The van der Waals surface area contributed by atoms with E-state index >= 15 is 0 Å². The van der Waals surface area contributed by atoms with Gasteiger partial charge in [-0.15, -0.1) is 10.2 Å². The number of hydrogen-bond donors (Lipinski definition) is 4. The number of carbonyl (C=O) groups excluding carboxylic acids is 1. The average Bonchev–Trinajstić information content (AvgIpc) is 3.51. The fraction of sp³-hybridized carbons (Fsp3) is 0.143. The molecule has 1 amide bonds. The molecular formula is C21H16F3N9O2. The quantitative estimate of drug-likeness (QED) is 0.341. The number of aromatic nitrogens is 6. The van der Waals surface area contributed by atoms with Gasteiger partial charge in [0.25, 0.3) is 5.91 Å². The number of aromatic amines is 1. The van der Waals surface area contributed by atoms with Crippen molar-refractivity contribution in [3.63, 3.8) is 0 Å². The number of nitrogens with zero attached hydrogens (tertiary/aromatic N) is 6. The van der Waals surface area contributed by atoms with E-state index in [2.05, 4.69) is 30.8 Å². The second kappa shape index (κ2) is 8.23. The largest absolute Gasteiger partial charge is 0.509 e. The van der Waals surface area contributed by atoms with Gasteiger partial charge in [-0.3, -0.25) is 20.6 Å². The van der Waals surface area contributed by atoms with E-state index in [1.807, 2.05) is 12.1 Å². The van der Waals surface area contributed by atoms with Crippen LogP contribution in [0, 0.1) is 5.41 Å². The molecule has 0 spiro atoms. The number of fused-ring (bicyclic) bond motifs is 1. The van der Waals surface area contributed by atoms with E-state index in [9.17, 15) is 23.1 Å². The Morgan fingerprint density at radius 1 is 1.20 bits per heavy atom. The molecule has 5 rings (SSSR count). The standard InChI is InChI=1S/C21H16F3N9O2/c22-21(23,24)12-5-3-4-11(8-12)19-28-31-33(30-19)10-16(35)29-32-9-15(34)17(18(32)25)20-26-13-6-1-2-7-14(13)27-20/h1-8,25,34H,9-10H2,(H,26,27)(H,29,35). The summed E-state index contributed by atoms with van der Waals surface area (Å²) < 4.78 is 38.8. The molecule has 11 nitrogen and oxygen atoms in total. The van der Waals surface area contributed by atoms with Crippen molar-refractivity contribution < 1.29 is 23.1 Å². The summed E-state index contributed by atoms with van der Waals surface area (Å²) in [6.07, 6.45) is -4.52. The fourth-order valence-corrected chi connectivity index (χ4v) is 3.57. The maximum absolute atomic E-state index is 12.9. The number of rotatable bonds is 5. The van der Waals surface area contributed by atoms with E-state index in [0.717, 1.165) is 27.5 Å². The predicted molar refractivity (Wildman–Crippen MR) is 116 cm³/mol. The Kier molecular flexibility index (Phi) is 5.19. The van der Waals surface area contributed by atoms with Crippen molar-refractivity contribution >= 4 is 28.3 Å². The van der Waals surface area contributed by atoms with Crippen LogP contribution in [0.15, 0.2) is 54.3 Å². The first-order valence-corrected chi connectivity index (χ1v) is 10.2. The van der Waals surface area contributed by atoms with Crippen LogP contribution in [0.3, 0.4) is 0 Å². The van der Waals surface area contributed by atoms with Gasteiger partial charge in [-0.05, 0) is 29.5 Å². The highest BCUT2D eigenvalue weighted by Crippen LogP contribution is 2.31. The van der Waals surface area contributed by atoms with Crippen molar-refractivity contribution in [2.24, 2.45) is 0 Å². The number of hydrogen-bond acceptors (Lipinski definition) is 7. The normalized spacial score (nSPS) is 14.3. The number of nitrogens with one attached hydrogen (secondary N) is 3. The number of alkyl halides is 3. The summed E-state index contributed by atoms with van der Waals surface area (Å²) in [5.74, 6) is -0.758. The van der Waals surface area contributed by atoms with Crippen molar-refractivity contribution in [1.29, 1.82) is 5.41 Å². The number of aliphatic hydroxyl groups is 1. The highest BCUT2D eigenvalue weighted by molar-refractivity contribution is 6.23. The first-order valence-electron chi connectivity index (χ1n) is 10.2. The highest BCUT2D eigenvalue weighted by Gasteiger charge is 2.32. The second-order valence-electron chi connectivity index (χ2n) is 7.62. The molecule has 4 N–H and O–H groups in total. The molecule has 1 aliphatic rings. The number of para-hydroxylation sites is 2. The number of halogens is 3. The Morgan fingerprint density at radius 3 is 2.77 bits per heavy atom. The van der Waals surface area contributed by atoms with Crippen LogP contribution in [0.1, 0.15) is 11.4 Å². The first-order chi connectivity index (χ1) is 16.7. The zero-order valence-corrected chi connectivity index (χ0v) is 17.7. The summed E-state index contributed by atoms with van der Waals surface area (Å²) in [7, 11) is 0. The van der Waals surface area contributed by atoms with Crippen LogP contribution in [-0.4, -0.2) is 58.6 Å². The van der Waals surface area contributed by atoms with Gasteiger partial charge in [0, 0.05) is 5.56 Å². The predicted octanol–water partition coefficient (Wildman–Crippen LogP) is 2.53. The number of carbonyl (C=O) groups is 1. The molecule has 14 heteroatoms. The fourth-order valence-electron chi connectivity index (χ4n) is 3.57. The van der Waals surface area contributed by atoms with Crippen LogP contribution in [-0.2, 0) is 17.5 Å². The van der Waals surface area contributed by atoms with Gasteiger partial charge in [-0.1, -0.05) is 24.3 Å². The van der Waals surface area contributed by atoms with E-state index in [1.54, 1.807) is 12.1 Å². The third kappa shape index (κ3) is 4.28. The van der Waals surface area contributed by atoms with Gasteiger partial charge in [-0.2, -0.15) is 18.0 Å². The van der Waals surface area contributed by atoms with Gasteiger partial charge in [0.15, 0.2) is 5.84 Å². The van der Waals surface area contributed by atoms with Crippen LogP contribution in [0.5, 0.6) is 0 Å². The Morgan fingerprint density at radius 2 is 2.00 bits per heavy atom. The van der Waals surface area contributed by atoms with Gasteiger partial charge in [0.1, 0.15) is 23.7 Å². The van der Waals surface area contributed by atoms with Gasteiger partial charge in [0.2, 0.25) is 5.82 Å². The van der Waals surface area contributed by atoms with Crippen molar-refractivity contribution in [2.45, 2.75) is 12.7 Å². The molecule has 0 radical (unpaired) electrons. The lowest BCUT2D eigenvalue weighted by Gasteiger charge is -2.19. The van der Waals surface area contributed by atoms with Crippen molar-refractivity contribution in [1.82, 2.24) is 40.6 Å². The zero-order valence-electron chi connectivity index (χ0n) is 17.7.